The molecule has 2 aromatic heterocycles. The Balaban J connectivity index is 1.73. The highest BCUT2D eigenvalue weighted by Crippen LogP contribution is 2.28. The van der Waals surface area contributed by atoms with Gasteiger partial charge in [-0.1, -0.05) is 6.07 Å². The van der Waals surface area contributed by atoms with Gasteiger partial charge in [-0.15, -0.1) is 34.4 Å². The van der Waals surface area contributed by atoms with Gasteiger partial charge in [0.25, 0.3) is 0 Å². The number of hydrogen-bond acceptors (Lipinski definition) is 5. The van der Waals surface area contributed by atoms with Crippen LogP contribution in [0.4, 0.5) is 13.2 Å². The first kappa shape index (κ1) is 16.3. The topological polar surface area (TPSA) is 42.0 Å². The number of rotatable bonds is 6. The van der Waals surface area contributed by atoms with E-state index in [0.29, 0.717) is 5.75 Å². The zero-order valence-electron chi connectivity index (χ0n) is 10.6. The van der Waals surface area contributed by atoms with Gasteiger partial charge in [0.1, 0.15) is 11.6 Å². The first-order valence-electron chi connectivity index (χ1n) is 5.83. The average Bonchev–Trinajstić information content (AvgIpc) is 3.06. The number of thioether (sulfide) groups is 1. The molecular formula is C12H11F3N2OS3. The predicted molar refractivity (Wildman–Crippen MR) is 80.7 cm³/mol. The number of alkyl halides is 3. The van der Waals surface area contributed by atoms with E-state index in [2.05, 4.69) is 4.98 Å². The maximum atomic E-state index is 11.9. The highest BCUT2D eigenvalue weighted by Gasteiger charge is 2.27. The minimum Gasteiger partial charge on any atom is -0.346 e. The van der Waals surface area contributed by atoms with Gasteiger partial charge in [-0.2, -0.15) is 13.2 Å². The minimum atomic E-state index is -4.37. The summed E-state index contributed by atoms with van der Waals surface area (Å²) in [5.41, 5.74) is 0.831. The van der Waals surface area contributed by atoms with Gasteiger partial charge in [0, 0.05) is 11.1 Å². The summed E-state index contributed by atoms with van der Waals surface area (Å²) in [5.74, 6) is -0.130. The van der Waals surface area contributed by atoms with E-state index in [1.807, 2.05) is 28.2 Å². The van der Waals surface area contributed by atoms with Crippen molar-refractivity contribution in [1.82, 2.24) is 10.3 Å². The molecule has 2 rings (SSSR count). The van der Waals surface area contributed by atoms with Gasteiger partial charge in [0.2, 0.25) is 5.91 Å². The summed E-state index contributed by atoms with van der Waals surface area (Å²) in [6, 6.07) is 3.92. The van der Waals surface area contributed by atoms with Gasteiger partial charge in [-0.3, -0.25) is 4.79 Å². The molecule has 0 atom stereocenters. The highest BCUT2D eigenvalue weighted by atomic mass is 32.2. The maximum absolute atomic E-state index is 11.9. The zero-order chi connectivity index (χ0) is 15.3. The lowest BCUT2D eigenvalue weighted by molar-refractivity contribution is -0.136. The number of amides is 1. The van der Waals surface area contributed by atoms with Crippen LogP contribution in [0, 0.1) is 0 Å². The van der Waals surface area contributed by atoms with Crippen molar-refractivity contribution >= 4 is 40.3 Å². The van der Waals surface area contributed by atoms with Crippen LogP contribution in [0.5, 0.6) is 0 Å². The van der Waals surface area contributed by atoms with E-state index in [1.54, 1.807) is 11.3 Å². The molecule has 0 saturated heterocycles. The molecule has 21 heavy (non-hydrogen) atoms. The molecule has 0 aromatic carbocycles. The van der Waals surface area contributed by atoms with Crippen LogP contribution >= 0.6 is 34.4 Å². The Morgan fingerprint density at radius 3 is 2.86 bits per heavy atom. The van der Waals surface area contributed by atoms with Gasteiger partial charge in [-0.05, 0) is 11.4 Å². The first-order valence-corrected chi connectivity index (χ1v) is 8.75. The Hall–Kier alpha value is -1.06. The zero-order valence-corrected chi connectivity index (χ0v) is 13.1. The second-order valence-corrected chi connectivity index (χ2v) is 6.80. The molecule has 9 heteroatoms. The molecule has 0 bridgehead atoms. The number of nitrogens with zero attached hydrogens (tertiary/aromatic N) is 1. The lowest BCUT2D eigenvalue weighted by Gasteiger charge is -2.07. The summed E-state index contributed by atoms with van der Waals surface area (Å²) in [7, 11) is 0. The van der Waals surface area contributed by atoms with Crippen molar-refractivity contribution in [2.45, 2.75) is 11.9 Å². The third-order valence-corrected chi connectivity index (χ3v) is 5.15. The first-order chi connectivity index (χ1) is 9.94. The number of hydrogen-bond donors (Lipinski definition) is 1. The van der Waals surface area contributed by atoms with E-state index in [1.165, 1.54) is 23.1 Å². The highest BCUT2D eigenvalue weighted by molar-refractivity contribution is 7.99. The van der Waals surface area contributed by atoms with Gasteiger partial charge in [0.05, 0.1) is 16.3 Å². The molecule has 2 aromatic rings. The largest absolute Gasteiger partial charge is 0.405 e. The Labute approximate surface area is 131 Å². The van der Waals surface area contributed by atoms with Crippen LogP contribution in [-0.2, 0) is 10.5 Å². The second-order valence-electron chi connectivity index (χ2n) is 4.01. The van der Waals surface area contributed by atoms with Crippen LogP contribution in [0.15, 0.2) is 22.9 Å². The molecule has 0 aliphatic heterocycles. The number of carbonyl (C=O) groups excluding carboxylic acids is 1. The fourth-order valence-electron chi connectivity index (χ4n) is 1.38. The number of thiazole rings is 1. The van der Waals surface area contributed by atoms with Crippen LogP contribution in [0.1, 0.15) is 5.69 Å². The molecule has 114 valence electrons. The molecule has 0 aliphatic rings. The molecule has 0 aliphatic carbocycles. The summed E-state index contributed by atoms with van der Waals surface area (Å²) >= 11 is 4.36. The third kappa shape index (κ3) is 5.68. The average molecular weight is 352 g/mol. The van der Waals surface area contributed by atoms with Gasteiger partial charge in [-0.25, -0.2) is 4.98 Å². The smallest absolute Gasteiger partial charge is 0.346 e. The van der Waals surface area contributed by atoms with Crippen LogP contribution in [0.25, 0.3) is 9.88 Å². The van der Waals surface area contributed by atoms with Crippen molar-refractivity contribution in [1.29, 1.82) is 0 Å². The molecule has 2 heterocycles. The van der Waals surface area contributed by atoms with E-state index in [9.17, 15) is 18.0 Å². The molecule has 1 N–H and O–H groups in total. The molecule has 0 radical (unpaired) electrons. The number of aromatic nitrogens is 1. The molecule has 0 spiro atoms. The molecule has 1 amide bonds. The summed E-state index contributed by atoms with van der Waals surface area (Å²) in [6.07, 6.45) is -4.37. The molecule has 0 unspecified atom stereocenters. The SMILES string of the molecule is O=C(CSCc1csc(-c2cccs2)n1)NCC(F)(F)F. The van der Waals surface area contributed by atoms with Gasteiger partial charge in [0.15, 0.2) is 0 Å². The third-order valence-electron chi connectivity index (χ3n) is 2.25. The lowest BCUT2D eigenvalue weighted by atomic mass is 10.5. The second kappa shape index (κ2) is 7.28. The molecular weight excluding hydrogens is 341 g/mol. The number of halogens is 3. The standard InChI is InChI=1S/C12H11F3N2OS3/c13-12(14,15)7-16-10(18)6-19-4-8-5-21-11(17-8)9-2-1-3-20-9/h1-3,5H,4,6-7H2,(H,16,18). The fraction of sp³-hybridized carbons (Fsp3) is 0.333. The Kier molecular flexibility index (Phi) is 5.65. The van der Waals surface area contributed by atoms with Crippen molar-refractivity contribution in [3.8, 4) is 9.88 Å². The van der Waals surface area contributed by atoms with Gasteiger partial charge >= 0.3 is 6.18 Å². The van der Waals surface area contributed by atoms with E-state index in [-0.39, 0.29) is 5.75 Å². The maximum Gasteiger partial charge on any atom is 0.405 e. The van der Waals surface area contributed by atoms with E-state index in [0.717, 1.165) is 15.6 Å². The monoisotopic (exact) mass is 352 g/mol. The van der Waals surface area contributed by atoms with E-state index >= 15 is 0 Å². The number of nitrogens with one attached hydrogen (secondary N) is 1. The normalized spacial score (nSPS) is 11.6. The predicted octanol–water partition coefficient (Wildman–Crippen LogP) is 3.78. The molecule has 0 saturated carbocycles. The minimum absolute atomic E-state index is 0.0120. The number of thiophene rings is 1. The Morgan fingerprint density at radius 2 is 2.19 bits per heavy atom. The Morgan fingerprint density at radius 1 is 1.38 bits per heavy atom. The molecule has 3 nitrogen and oxygen atoms in total. The van der Waals surface area contributed by atoms with Crippen LogP contribution in [0.3, 0.4) is 0 Å². The lowest BCUT2D eigenvalue weighted by Crippen LogP contribution is -2.34. The van der Waals surface area contributed by atoms with Crippen LogP contribution < -0.4 is 5.32 Å². The van der Waals surface area contributed by atoms with Crippen molar-refractivity contribution in [3.63, 3.8) is 0 Å². The van der Waals surface area contributed by atoms with Crippen molar-refractivity contribution < 1.29 is 18.0 Å². The summed E-state index contributed by atoms with van der Waals surface area (Å²) in [5, 5.41) is 6.62. The summed E-state index contributed by atoms with van der Waals surface area (Å²) in [4.78, 5) is 16.7. The molecule has 0 fully saturated rings. The van der Waals surface area contributed by atoms with Crippen molar-refractivity contribution in [3.05, 3.63) is 28.6 Å². The summed E-state index contributed by atoms with van der Waals surface area (Å²) in [6.45, 7) is -1.29. The van der Waals surface area contributed by atoms with Crippen molar-refractivity contribution in [2.75, 3.05) is 12.3 Å². The van der Waals surface area contributed by atoms with Crippen LogP contribution in [0.2, 0.25) is 0 Å². The van der Waals surface area contributed by atoms with Crippen molar-refractivity contribution in [2.24, 2.45) is 0 Å². The Bertz CT molecular complexity index is 581. The quantitative estimate of drug-likeness (QED) is 0.860. The fourth-order valence-corrected chi connectivity index (χ4v) is 3.87. The number of carbonyl (C=O) groups is 1. The van der Waals surface area contributed by atoms with Crippen LogP contribution in [-0.4, -0.2) is 29.4 Å². The van der Waals surface area contributed by atoms with E-state index in [4.69, 9.17) is 0 Å². The van der Waals surface area contributed by atoms with E-state index < -0.39 is 18.6 Å². The van der Waals surface area contributed by atoms with Gasteiger partial charge < -0.3 is 5.32 Å². The summed E-state index contributed by atoms with van der Waals surface area (Å²) < 4.78 is 35.7.